The van der Waals surface area contributed by atoms with Crippen LogP contribution in [0.15, 0.2) is 18.3 Å². The molecule has 0 radical (unpaired) electrons. The summed E-state index contributed by atoms with van der Waals surface area (Å²) >= 11 is 0. The number of likely N-dealkylation sites (tertiary alicyclic amines) is 1. The smallest absolute Gasteiger partial charge is 0.322 e. The SMILES string of the molecule is Cc1cc(N2CC3CN(C4CC(=O)NC(=O)N4)CC3C2)n2nccc2n1. The number of aromatic nitrogens is 3. The summed E-state index contributed by atoms with van der Waals surface area (Å²) in [5.41, 5.74) is 1.86. The van der Waals surface area contributed by atoms with E-state index in [1.807, 2.05) is 17.5 Å². The normalized spacial score (nSPS) is 29.1. The van der Waals surface area contributed by atoms with Crippen LogP contribution < -0.4 is 15.5 Å². The van der Waals surface area contributed by atoms with Crippen LogP contribution in [0, 0.1) is 18.8 Å². The van der Waals surface area contributed by atoms with Crippen LogP contribution in [0.2, 0.25) is 0 Å². The van der Waals surface area contributed by atoms with Gasteiger partial charge in [-0.3, -0.25) is 15.0 Å². The number of amides is 3. The second kappa shape index (κ2) is 5.66. The maximum Gasteiger partial charge on any atom is 0.322 e. The summed E-state index contributed by atoms with van der Waals surface area (Å²) in [5, 5.41) is 9.57. The third kappa shape index (κ3) is 2.50. The van der Waals surface area contributed by atoms with E-state index in [-0.39, 0.29) is 12.1 Å². The number of hydrogen-bond acceptors (Lipinski definition) is 6. The lowest BCUT2D eigenvalue weighted by Crippen LogP contribution is -2.58. The molecule has 3 fully saturated rings. The first-order valence-electron chi connectivity index (χ1n) is 8.97. The van der Waals surface area contributed by atoms with E-state index in [0.717, 1.165) is 43.3 Å². The molecule has 136 valence electrons. The molecule has 0 spiro atoms. The summed E-state index contributed by atoms with van der Waals surface area (Å²) in [4.78, 5) is 32.3. The minimum atomic E-state index is -0.390. The van der Waals surface area contributed by atoms with E-state index in [1.165, 1.54) is 0 Å². The molecule has 3 amide bonds. The van der Waals surface area contributed by atoms with Crippen LogP contribution >= 0.6 is 0 Å². The van der Waals surface area contributed by atoms with Crippen LogP contribution in [0.3, 0.4) is 0 Å². The molecule has 9 nitrogen and oxygen atoms in total. The Labute approximate surface area is 150 Å². The lowest BCUT2D eigenvalue weighted by atomic mass is 10.0. The van der Waals surface area contributed by atoms with Gasteiger partial charge in [-0.05, 0) is 18.8 Å². The summed E-state index contributed by atoms with van der Waals surface area (Å²) in [6.07, 6.45) is 1.92. The van der Waals surface area contributed by atoms with Crippen molar-refractivity contribution in [2.45, 2.75) is 19.5 Å². The van der Waals surface area contributed by atoms with Gasteiger partial charge in [-0.1, -0.05) is 0 Å². The first-order valence-corrected chi connectivity index (χ1v) is 8.97. The van der Waals surface area contributed by atoms with E-state index in [0.29, 0.717) is 18.3 Å². The number of aryl methyl sites for hydroxylation is 1. The van der Waals surface area contributed by atoms with Crippen molar-refractivity contribution in [3.63, 3.8) is 0 Å². The summed E-state index contributed by atoms with van der Waals surface area (Å²) in [7, 11) is 0. The fourth-order valence-electron chi connectivity index (χ4n) is 4.53. The molecule has 5 rings (SSSR count). The van der Waals surface area contributed by atoms with Crippen LogP contribution in [0.4, 0.5) is 10.6 Å². The van der Waals surface area contributed by atoms with Crippen molar-refractivity contribution < 1.29 is 9.59 Å². The third-order valence-electron chi connectivity index (χ3n) is 5.68. The highest BCUT2D eigenvalue weighted by atomic mass is 16.2. The molecule has 2 aromatic rings. The zero-order valence-electron chi connectivity index (χ0n) is 14.6. The summed E-state index contributed by atoms with van der Waals surface area (Å²) in [6.45, 7) is 5.70. The van der Waals surface area contributed by atoms with Crippen LogP contribution in [0.1, 0.15) is 12.1 Å². The zero-order valence-corrected chi connectivity index (χ0v) is 14.6. The molecule has 9 heteroatoms. The second-order valence-corrected chi connectivity index (χ2v) is 7.48. The molecule has 3 atom stereocenters. The molecule has 3 aliphatic rings. The maximum atomic E-state index is 11.6. The van der Waals surface area contributed by atoms with Gasteiger partial charge in [0.25, 0.3) is 0 Å². The number of imide groups is 1. The molecule has 2 aromatic heterocycles. The number of hydrogen-bond donors (Lipinski definition) is 2. The predicted molar refractivity (Wildman–Crippen MR) is 93.6 cm³/mol. The number of urea groups is 1. The van der Waals surface area contributed by atoms with Gasteiger partial charge < -0.3 is 10.2 Å². The fraction of sp³-hybridized carbons (Fsp3) is 0.529. The van der Waals surface area contributed by atoms with E-state index in [1.54, 1.807) is 6.20 Å². The Morgan fingerprint density at radius 2 is 1.92 bits per heavy atom. The lowest BCUT2D eigenvalue weighted by molar-refractivity contribution is -0.122. The van der Waals surface area contributed by atoms with Gasteiger partial charge in [0.15, 0.2) is 5.65 Å². The number of nitrogens with one attached hydrogen (secondary N) is 2. The van der Waals surface area contributed by atoms with Gasteiger partial charge in [0, 0.05) is 44.0 Å². The zero-order chi connectivity index (χ0) is 17.8. The van der Waals surface area contributed by atoms with E-state index in [4.69, 9.17) is 0 Å². The van der Waals surface area contributed by atoms with Crippen LogP contribution in [0.5, 0.6) is 0 Å². The van der Waals surface area contributed by atoms with Gasteiger partial charge >= 0.3 is 6.03 Å². The number of rotatable bonds is 2. The molecule has 5 heterocycles. The number of nitrogens with zero attached hydrogens (tertiary/aromatic N) is 5. The van der Waals surface area contributed by atoms with Crippen molar-refractivity contribution in [3.8, 4) is 0 Å². The number of carbonyl (C=O) groups is 2. The molecule has 26 heavy (non-hydrogen) atoms. The molecule has 0 bridgehead atoms. The van der Waals surface area contributed by atoms with Crippen LogP contribution in [-0.4, -0.2) is 63.8 Å². The molecule has 3 aliphatic heterocycles. The van der Waals surface area contributed by atoms with E-state index >= 15 is 0 Å². The van der Waals surface area contributed by atoms with Gasteiger partial charge in [0.1, 0.15) is 5.82 Å². The van der Waals surface area contributed by atoms with Crippen molar-refractivity contribution in [2.24, 2.45) is 11.8 Å². The fourth-order valence-corrected chi connectivity index (χ4v) is 4.53. The Morgan fingerprint density at radius 1 is 1.15 bits per heavy atom. The van der Waals surface area contributed by atoms with Gasteiger partial charge in [-0.15, -0.1) is 0 Å². The van der Waals surface area contributed by atoms with Crippen molar-refractivity contribution in [2.75, 3.05) is 31.1 Å². The number of fused-ring (bicyclic) bond motifs is 2. The highest BCUT2D eigenvalue weighted by Crippen LogP contribution is 2.35. The Balaban J connectivity index is 1.32. The maximum absolute atomic E-state index is 11.6. The van der Waals surface area contributed by atoms with Crippen molar-refractivity contribution in [3.05, 3.63) is 24.0 Å². The van der Waals surface area contributed by atoms with Gasteiger partial charge in [0.2, 0.25) is 5.91 Å². The van der Waals surface area contributed by atoms with Crippen LogP contribution in [0.25, 0.3) is 5.65 Å². The van der Waals surface area contributed by atoms with Crippen molar-refractivity contribution in [1.29, 1.82) is 0 Å². The molecule has 0 aromatic carbocycles. The average Bonchev–Trinajstić information content (AvgIpc) is 3.26. The van der Waals surface area contributed by atoms with E-state index in [2.05, 4.69) is 36.6 Å². The topological polar surface area (TPSA) is 94.9 Å². The monoisotopic (exact) mass is 355 g/mol. The Kier molecular flexibility index (Phi) is 3.39. The van der Waals surface area contributed by atoms with Gasteiger partial charge in [0.05, 0.1) is 18.8 Å². The van der Waals surface area contributed by atoms with E-state index < -0.39 is 6.03 Å². The Morgan fingerprint density at radius 3 is 2.65 bits per heavy atom. The summed E-state index contributed by atoms with van der Waals surface area (Å²) < 4.78 is 1.90. The molecule has 3 saturated heterocycles. The number of carbonyl (C=O) groups excluding carboxylic acids is 2. The molecule has 2 N–H and O–H groups in total. The van der Waals surface area contributed by atoms with Crippen molar-refractivity contribution in [1.82, 2.24) is 30.1 Å². The van der Waals surface area contributed by atoms with Gasteiger partial charge in [-0.25, -0.2) is 9.78 Å². The Hall–Kier alpha value is -2.68. The predicted octanol–water partition coefficient (Wildman–Crippen LogP) is -0.0387. The Bertz CT molecular complexity index is 864. The highest BCUT2D eigenvalue weighted by Gasteiger charge is 2.44. The largest absolute Gasteiger partial charge is 0.356 e. The first-order chi connectivity index (χ1) is 12.6. The second-order valence-electron chi connectivity index (χ2n) is 7.48. The molecular weight excluding hydrogens is 334 g/mol. The van der Waals surface area contributed by atoms with E-state index in [9.17, 15) is 9.59 Å². The first kappa shape index (κ1) is 15.6. The minimum Gasteiger partial charge on any atom is -0.356 e. The summed E-state index contributed by atoms with van der Waals surface area (Å²) in [5.74, 6) is 1.93. The van der Waals surface area contributed by atoms with Crippen LogP contribution in [-0.2, 0) is 4.79 Å². The highest BCUT2D eigenvalue weighted by molar-refractivity contribution is 5.97. The molecular formula is C17H21N7O2. The quantitative estimate of drug-likeness (QED) is 0.785. The standard InChI is InChI=1S/C17H21N7O2/c1-10-4-16(24-13(19-10)2-3-18-24)23-8-11-6-22(7-12(11)9-23)14-5-15(25)21-17(26)20-14/h2-4,11-12,14H,5-9H2,1H3,(H2,20,21,25,26). The third-order valence-corrected chi connectivity index (χ3v) is 5.68. The molecule has 0 saturated carbocycles. The number of anilines is 1. The lowest BCUT2D eigenvalue weighted by Gasteiger charge is -2.32. The van der Waals surface area contributed by atoms with Crippen molar-refractivity contribution >= 4 is 23.4 Å². The summed E-state index contributed by atoms with van der Waals surface area (Å²) in [6, 6.07) is 3.62. The average molecular weight is 355 g/mol. The minimum absolute atomic E-state index is 0.184. The van der Waals surface area contributed by atoms with Gasteiger partial charge in [-0.2, -0.15) is 9.61 Å². The molecule has 0 aliphatic carbocycles. The molecule has 3 unspecified atom stereocenters.